The molecule has 4 heterocycles. The number of amides is 1. The maximum absolute atomic E-state index is 14.6. The molecule has 0 radical (unpaired) electrons. The maximum Gasteiger partial charge on any atom is 0.410 e. The molecule has 320 valence electrons. The quantitative estimate of drug-likeness (QED) is 0.160. The van der Waals surface area contributed by atoms with Gasteiger partial charge in [-0.15, -0.1) is 0 Å². The molecule has 3 fully saturated rings. The molecule has 3 saturated heterocycles. The van der Waals surface area contributed by atoms with E-state index in [1.807, 2.05) is 71.0 Å². The maximum atomic E-state index is 14.6. The third kappa shape index (κ3) is 9.88. The molecule has 1 amide bonds. The van der Waals surface area contributed by atoms with Gasteiger partial charge >= 0.3 is 12.1 Å². The number of carbonyl (C=O) groups is 3. The first-order valence-electron chi connectivity index (χ1n) is 20.9. The second-order valence-electron chi connectivity index (χ2n) is 17.4. The smallest absolute Gasteiger partial charge is 0.410 e. The van der Waals surface area contributed by atoms with Crippen LogP contribution in [0, 0.1) is 23.7 Å². The molecular weight excluding hydrogens is 752 g/mol. The summed E-state index contributed by atoms with van der Waals surface area (Å²) in [4.78, 5) is 51.0. The lowest BCUT2D eigenvalue weighted by Crippen LogP contribution is -2.60. The van der Waals surface area contributed by atoms with E-state index in [-0.39, 0.29) is 30.6 Å². The molecule has 57 heavy (non-hydrogen) atoms. The van der Waals surface area contributed by atoms with Crippen LogP contribution >= 0.6 is 11.6 Å². The van der Waals surface area contributed by atoms with E-state index < -0.39 is 71.5 Å². The lowest BCUT2D eigenvalue weighted by Gasteiger charge is -2.47. The highest BCUT2D eigenvalue weighted by Gasteiger charge is 2.60. The van der Waals surface area contributed by atoms with Crippen LogP contribution in [0.15, 0.2) is 29.3 Å². The highest BCUT2D eigenvalue weighted by atomic mass is 35.5. The number of hydrogen-bond donors (Lipinski definition) is 2. The fourth-order valence-electron chi connectivity index (χ4n) is 9.77. The fourth-order valence-corrected chi connectivity index (χ4v) is 10.0. The molecule has 4 aliphatic rings. The van der Waals surface area contributed by atoms with Gasteiger partial charge in [-0.1, -0.05) is 63.9 Å². The Labute approximate surface area is 344 Å². The Morgan fingerprint density at radius 3 is 2.47 bits per heavy atom. The molecular formula is C43H67ClN4O9. The zero-order valence-electron chi connectivity index (χ0n) is 35.7. The number of Topliss-reactive ketones (excluding diaryl/α,β-unsaturated/α-hetero) is 1. The minimum Gasteiger partial charge on any atom is -0.457 e. The van der Waals surface area contributed by atoms with Crippen molar-refractivity contribution in [3.05, 3.63) is 34.9 Å². The summed E-state index contributed by atoms with van der Waals surface area (Å²) in [5, 5.41) is 15.9. The lowest BCUT2D eigenvalue weighted by atomic mass is 9.73. The average Bonchev–Trinajstić information content (AvgIpc) is 3.28. The Kier molecular flexibility index (Phi) is 15.3. The van der Waals surface area contributed by atoms with Gasteiger partial charge in [0.15, 0.2) is 17.7 Å². The van der Waals surface area contributed by atoms with Crippen molar-refractivity contribution < 1.29 is 43.2 Å². The first kappa shape index (κ1) is 45.4. The Morgan fingerprint density at radius 2 is 1.79 bits per heavy atom. The van der Waals surface area contributed by atoms with Crippen LogP contribution in [0.4, 0.5) is 4.79 Å². The van der Waals surface area contributed by atoms with Gasteiger partial charge < -0.3 is 39.0 Å². The molecule has 0 spiro atoms. The van der Waals surface area contributed by atoms with Crippen molar-refractivity contribution in [1.29, 1.82) is 0 Å². The van der Waals surface area contributed by atoms with Crippen LogP contribution < -0.4 is 5.32 Å². The summed E-state index contributed by atoms with van der Waals surface area (Å²) in [6.45, 7) is 17.4. The van der Waals surface area contributed by atoms with Crippen molar-refractivity contribution in [3.63, 3.8) is 0 Å². The average molecular weight is 819 g/mol. The Morgan fingerprint density at radius 1 is 1.07 bits per heavy atom. The van der Waals surface area contributed by atoms with E-state index in [1.54, 1.807) is 18.7 Å². The Bertz CT molecular complexity index is 1600. The zero-order chi connectivity index (χ0) is 41.8. The molecule has 0 aromatic heterocycles. The number of likely N-dealkylation sites (N-methyl/N-ethyl adjacent to an activating group) is 1. The summed E-state index contributed by atoms with van der Waals surface area (Å²) >= 11 is 6.40. The summed E-state index contributed by atoms with van der Waals surface area (Å²) in [6, 6.07) is 7.04. The van der Waals surface area contributed by atoms with E-state index >= 15 is 0 Å². The van der Waals surface area contributed by atoms with Crippen molar-refractivity contribution in [2.24, 2.45) is 28.7 Å². The van der Waals surface area contributed by atoms with Crippen molar-refractivity contribution in [2.75, 3.05) is 46.9 Å². The van der Waals surface area contributed by atoms with E-state index in [4.69, 9.17) is 40.3 Å². The van der Waals surface area contributed by atoms with Gasteiger partial charge in [-0.25, -0.2) is 4.79 Å². The topological polar surface area (TPSA) is 148 Å². The number of benzene rings is 1. The minimum atomic E-state index is -1.18. The number of fused-ring (bicyclic) bond motifs is 1. The molecule has 4 aliphatic heterocycles. The monoisotopic (exact) mass is 818 g/mol. The number of hydrogen-bond acceptors (Lipinski definition) is 12. The van der Waals surface area contributed by atoms with E-state index in [0.29, 0.717) is 51.9 Å². The first-order valence-corrected chi connectivity index (χ1v) is 21.3. The number of cyclic esters (lactones) is 1. The Hall–Kier alpha value is -2.65. The van der Waals surface area contributed by atoms with Gasteiger partial charge in [0, 0.05) is 41.7 Å². The zero-order valence-corrected chi connectivity index (χ0v) is 36.4. The van der Waals surface area contributed by atoms with Crippen LogP contribution in [0.1, 0.15) is 86.6 Å². The van der Waals surface area contributed by atoms with Gasteiger partial charge in [0.2, 0.25) is 0 Å². The third-order valence-electron chi connectivity index (χ3n) is 12.8. The molecule has 5 rings (SSSR count). The van der Waals surface area contributed by atoms with Crippen LogP contribution in [-0.4, -0.2) is 139 Å². The van der Waals surface area contributed by atoms with Gasteiger partial charge in [-0.2, -0.15) is 0 Å². The number of esters is 1. The van der Waals surface area contributed by atoms with E-state index in [1.165, 1.54) is 0 Å². The summed E-state index contributed by atoms with van der Waals surface area (Å²) in [5.74, 6) is -3.62. The van der Waals surface area contributed by atoms with Crippen molar-refractivity contribution in [1.82, 2.24) is 15.1 Å². The normalized spacial score (nSPS) is 38.0. The number of aliphatic hydroxyl groups is 1. The molecule has 0 aliphatic carbocycles. The highest BCUT2D eigenvalue weighted by molar-refractivity contribution is 6.31. The predicted molar refractivity (Wildman–Crippen MR) is 218 cm³/mol. The van der Waals surface area contributed by atoms with Gasteiger partial charge in [0.1, 0.15) is 18.1 Å². The van der Waals surface area contributed by atoms with Crippen LogP contribution in [0.2, 0.25) is 5.02 Å². The van der Waals surface area contributed by atoms with E-state index in [2.05, 4.69) is 19.2 Å². The highest BCUT2D eigenvalue weighted by Crippen LogP contribution is 2.44. The number of nitrogens with one attached hydrogen (secondary N) is 1. The summed E-state index contributed by atoms with van der Waals surface area (Å²) < 4.78 is 32.5. The molecule has 13 nitrogen and oxygen atoms in total. The second-order valence-corrected chi connectivity index (χ2v) is 17.8. The van der Waals surface area contributed by atoms with Gasteiger partial charge in [0.25, 0.3) is 0 Å². The summed E-state index contributed by atoms with van der Waals surface area (Å²) in [7, 11) is 3.82. The van der Waals surface area contributed by atoms with Crippen LogP contribution in [0.3, 0.4) is 0 Å². The lowest BCUT2D eigenvalue weighted by molar-refractivity contribution is -0.297. The van der Waals surface area contributed by atoms with Crippen LogP contribution in [-0.2, 0) is 39.7 Å². The number of ketones is 1. The number of aliphatic imine (C=N–C) groups is 1. The minimum absolute atomic E-state index is 0.204. The standard InChI is InChI=1S/C43H67ClN4O9/c1-11-14-33-43(8)37-27(4)34(46-19-21-48(37)41(52)57-43)25(2)24-42(7,53-22-20-45-18-17-30-15-12-13-16-31(30)44)38(28(5)35(49)29(6)39(51)55-33)56-40-36(50)32(47(9)10)23-26(3)54-40/h12-13,15-16,25-29,32-33,36-38,40,45,50H,11,14,17-24H2,1-10H3/t25-,26+,27-,28+,29-,32-,33+,36?,37-,38-,40-,42+,43-/m1/s1. The number of rotatable bonds is 12. The predicted octanol–water partition coefficient (Wildman–Crippen LogP) is 5.32. The number of nitrogens with zero attached hydrogens (tertiary/aromatic N) is 3. The summed E-state index contributed by atoms with van der Waals surface area (Å²) in [6.07, 6.45) is -1.73. The first-order chi connectivity index (χ1) is 26.9. The Balaban J connectivity index is 1.53. The van der Waals surface area contributed by atoms with Crippen molar-refractivity contribution in [2.45, 2.75) is 141 Å². The largest absolute Gasteiger partial charge is 0.457 e. The molecule has 14 heteroatoms. The number of carbonyl (C=O) groups excluding carboxylic acids is 3. The van der Waals surface area contributed by atoms with Crippen molar-refractivity contribution >= 4 is 35.2 Å². The molecule has 1 aromatic carbocycles. The third-order valence-corrected chi connectivity index (χ3v) is 13.2. The molecule has 1 aromatic rings. The number of aliphatic hydroxyl groups excluding tert-OH is 1. The van der Waals surface area contributed by atoms with E-state index in [9.17, 15) is 19.5 Å². The summed E-state index contributed by atoms with van der Waals surface area (Å²) in [5.41, 5.74) is -0.401. The molecule has 2 N–H and O–H groups in total. The van der Waals surface area contributed by atoms with Gasteiger partial charge in [0.05, 0.1) is 37.0 Å². The van der Waals surface area contributed by atoms with Crippen LogP contribution in [0.5, 0.6) is 0 Å². The fraction of sp³-hybridized carbons (Fsp3) is 0.767. The van der Waals surface area contributed by atoms with Gasteiger partial charge in [-0.05, 0) is 91.6 Å². The second kappa shape index (κ2) is 19.2. The number of halogens is 1. The van der Waals surface area contributed by atoms with E-state index in [0.717, 1.165) is 22.7 Å². The number of ether oxygens (including phenoxy) is 5. The molecule has 1 unspecified atom stereocenters. The SMILES string of the molecule is CCC[C@@H]1OC(=O)[C@H](C)C(=O)[C@H](C)[C@@H](O[C@H]2O[C@@H](C)C[C@@H](N(C)C)C2O)[C@@](C)(OCCNCCc2ccccc2Cl)C[C@@H](C)C2=NCCN3C(=O)O[C@@]1(C)[C@H]3[C@@H]2C. The molecule has 2 bridgehead atoms. The van der Waals surface area contributed by atoms with Crippen LogP contribution in [0.25, 0.3) is 0 Å². The molecule has 0 saturated carbocycles. The van der Waals surface area contributed by atoms with Gasteiger partial charge in [-0.3, -0.25) is 19.5 Å². The van der Waals surface area contributed by atoms with Crippen molar-refractivity contribution in [3.8, 4) is 0 Å². The molecule has 13 atom stereocenters.